The van der Waals surface area contributed by atoms with Crippen molar-refractivity contribution in [2.75, 3.05) is 26.4 Å². The highest BCUT2D eigenvalue weighted by atomic mass is 19.1. The van der Waals surface area contributed by atoms with E-state index in [0.717, 1.165) is 28.7 Å². The number of hydrogen-bond donors (Lipinski definition) is 1. The molecule has 8 nitrogen and oxygen atoms in total. The minimum atomic E-state index is -1.07. The molecule has 130 valence electrons. The molecule has 1 atom stereocenters. The maximum Gasteiger partial charge on any atom is 0.334 e. The fourth-order valence-corrected chi connectivity index (χ4v) is 2.35. The SMILES string of the molecule is CCCOCCN(O)Cn1c(=O)c(F)cn(C2CCCO2)c1=O. The lowest BCUT2D eigenvalue weighted by atomic mass is 10.3. The van der Waals surface area contributed by atoms with Crippen LogP contribution in [0.1, 0.15) is 32.4 Å². The zero-order valence-corrected chi connectivity index (χ0v) is 13.1. The molecule has 0 radical (unpaired) electrons. The maximum absolute atomic E-state index is 13.8. The largest absolute Gasteiger partial charge is 0.380 e. The van der Waals surface area contributed by atoms with Crippen LogP contribution in [0.25, 0.3) is 0 Å². The summed E-state index contributed by atoms with van der Waals surface area (Å²) >= 11 is 0. The van der Waals surface area contributed by atoms with E-state index in [4.69, 9.17) is 9.47 Å². The molecule has 1 aliphatic heterocycles. The standard InChI is InChI=1S/C14H22FN3O5/c1-2-6-22-8-5-16(21)10-18-13(19)11(15)9-17(14(18)20)12-4-3-7-23-12/h9,12,21H,2-8,10H2,1H3. The topological polar surface area (TPSA) is 85.9 Å². The Morgan fingerprint density at radius 1 is 1.48 bits per heavy atom. The van der Waals surface area contributed by atoms with Crippen molar-refractivity contribution < 1.29 is 19.1 Å². The van der Waals surface area contributed by atoms with E-state index >= 15 is 0 Å². The average Bonchev–Trinajstić information content (AvgIpc) is 3.06. The molecular weight excluding hydrogens is 309 g/mol. The summed E-state index contributed by atoms with van der Waals surface area (Å²) in [6, 6.07) is 0. The molecule has 1 aromatic heterocycles. The van der Waals surface area contributed by atoms with E-state index < -0.39 is 30.0 Å². The minimum Gasteiger partial charge on any atom is -0.380 e. The third-order valence-corrected chi connectivity index (χ3v) is 3.52. The van der Waals surface area contributed by atoms with Crippen molar-refractivity contribution in [2.45, 2.75) is 39.1 Å². The summed E-state index contributed by atoms with van der Waals surface area (Å²) in [4.78, 5) is 24.2. The minimum absolute atomic E-state index is 0.0995. The normalized spacial score (nSPS) is 18.0. The first-order valence-corrected chi connectivity index (χ1v) is 7.69. The molecule has 1 aliphatic rings. The molecule has 2 heterocycles. The second-order valence-corrected chi connectivity index (χ2v) is 5.35. The molecule has 0 aliphatic carbocycles. The third-order valence-electron chi connectivity index (χ3n) is 3.52. The maximum atomic E-state index is 13.8. The summed E-state index contributed by atoms with van der Waals surface area (Å²) in [6.45, 7) is 2.91. The first kappa shape index (κ1) is 17.8. The highest BCUT2D eigenvalue weighted by Crippen LogP contribution is 2.20. The number of hydroxylamine groups is 2. The van der Waals surface area contributed by atoms with Gasteiger partial charge in [-0.25, -0.2) is 9.36 Å². The molecule has 1 aromatic rings. The number of hydrogen-bond acceptors (Lipinski definition) is 6. The summed E-state index contributed by atoms with van der Waals surface area (Å²) in [6.07, 6.45) is 2.47. The smallest absolute Gasteiger partial charge is 0.334 e. The number of ether oxygens (including phenoxy) is 2. The van der Waals surface area contributed by atoms with Crippen LogP contribution in [0.3, 0.4) is 0 Å². The molecule has 1 N–H and O–H groups in total. The van der Waals surface area contributed by atoms with Crippen LogP contribution < -0.4 is 11.2 Å². The molecule has 0 amide bonds. The first-order chi connectivity index (χ1) is 11.0. The zero-order valence-electron chi connectivity index (χ0n) is 13.1. The van der Waals surface area contributed by atoms with E-state index in [9.17, 15) is 19.2 Å². The van der Waals surface area contributed by atoms with Crippen LogP contribution in [0.2, 0.25) is 0 Å². The monoisotopic (exact) mass is 331 g/mol. The van der Waals surface area contributed by atoms with E-state index in [-0.39, 0.29) is 13.2 Å². The fourth-order valence-electron chi connectivity index (χ4n) is 2.35. The lowest BCUT2D eigenvalue weighted by Gasteiger charge is -2.19. The predicted molar refractivity (Wildman–Crippen MR) is 78.7 cm³/mol. The molecule has 0 spiro atoms. The van der Waals surface area contributed by atoms with Crippen molar-refractivity contribution in [1.82, 2.24) is 14.2 Å². The van der Waals surface area contributed by atoms with Gasteiger partial charge in [0.15, 0.2) is 0 Å². The Morgan fingerprint density at radius 2 is 2.26 bits per heavy atom. The van der Waals surface area contributed by atoms with Crippen molar-refractivity contribution >= 4 is 0 Å². The quantitative estimate of drug-likeness (QED) is 0.552. The molecule has 23 heavy (non-hydrogen) atoms. The Hall–Kier alpha value is -1.55. The van der Waals surface area contributed by atoms with Crippen LogP contribution in [-0.4, -0.2) is 45.8 Å². The van der Waals surface area contributed by atoms with Crippen LogP contribution in [-0.2, 0) is 16.1 Å². The number of aromatic nitrogens is 2. The highest BCUT2D eigenvalue weighted by molar-refractivity contribution is 4.91. The molecule has 2 rings (SSSR count). The molecule has 0 saturated carbocycles. The summed E-state index contributed by atoms with van der Waals surface area (Å²) in [5, 5.41) is 10.5. The lowest BCUT2D eigenvalue weighted by Crippen LogP contribution is -2.46. The third kappa shape index (κ3) is 4.47. The van der Waals surface area contributed by atoms with E-state index in [1.54, 1.807) is 0 Å². The highest BCUT2D eigenvalue weighted by Gasteiger charge is 2.22. The van der Waals surface area contributed by atoms with Crippen LogP contribution in [0.4, 0.5) is 4.39 Å². The number of rotatable bonds is 8. The van der Waals surface area contributed by atoms with E-state index in [1.807, 2.05) is 6.92 Å². The number of halogens is 1. The van der Waals surface area contributed by atoms with Crippen LogP contribution in [0.15, 0.2) is 15.8 Å². The molecule has 0 bridgehead atoms. The van der Waals surface area contributed by atoms with Gasteiger partial charge >= 0.3 is 5.69 Å². The Balaban J connectivity index is 2.14. The van der Waals surface area contributed by atoms with Gasteiger partial charge in [-0.15, -0.1) is 0 Å². The molecule has 1 unspecified atom stereocenters. The van der Waals surface area contributed by atoms with Gasteiger partial charge in [0.05, 0.1) is 12.8 Å². The van der Waals surface area contributed by atoms with Crippen molar-refractivity contribution in [3.8, 4) is 0 Å². The number of nitrogens with zero attached hydrogens (tertiary/aromatic N) is 3. The van der Waals surface area contributed by atoms with Gasteiger partial charge in [-0.3, -0.25) is 9.36 Å². The van der Waals surface area contributed by atoms with E-state index in [2.05, 4.69) is 0 Å². The first-order valence-electron chi connectivity index (χ1n) is 7.69. The van der Waals surface area contributed by atoms with Gasteiger partial charge in [-0.05, 0) is 19.3 Å². The molecule has 1 fully saturated rings. The Labute approximate surface area is 132 Å². The summed E-state index contributed by atoms with van der Waals surface area (Å²) in [7, 11) is 0. The average molecular weight is 331 g/mol. The van der Waals surface area contributed by atoms with Crippen molar-refractivity contribution in [2.24, 2.45) is 0 Å². The van der Waals surface area contributed by atoms with Crippen LogP contribution in [0, 0.1) is 5.82 Å². The fraction of sp³-hybridized carbons (Fsp3) is 0.714. The van der Waals surface area contributed by atoms with Crippen molar-refractivity contribution in [3.05, 3.63) is 32.9 Å². The van der Waals surface area contributed by atoms with Gasteiger partial charge in [0.2, 0.25) is 5.82 Å². The second-order valence-electron chi connectivity index (χ2n) is 5.35. The van der Waals surface area contributed by atoms with Gasteiger partial charge in [0.1, 0.15) is 12.9 Å². The van der Waals surface area contributed by atoms with E-state index in [0.29, 0.717) is 24.2 Å². The molecule has 0 aromatic carbocycles. The van der Waals surface area contributed by atoms with E-state index in [1.165, 1.54) is 0 Å². The van der Waals surface area contributed by atoms with Crippen molar-refractivity contribution in [3.63, 3.8) is 0 Å². The molecular formula is C14H22FN3O5. The Bertz CT molecular complexity index is 624. The zero-order chi connectivity index (χ0) is 16.8. The van der Waals surface area contributed by atoms with Gasteiger partial charge in [-0.2, -0.15) is 9.45 Å². The summed E-state index contributed by atoms with van der Waals surface area (Å²) in [5.74, 6) is -1.06. The van der Waals surface area contributed by atoms with Gasteiger partial charge in [0, 0.05) is 19.8 Å². The molecule has 1 saturated heterocycles. The predicted octanol–water partition coefficient (Wildman–Crippen LogP) is 0.533. The summed E-state index contributed by atoms with van der Waals surface area (Å²) in [5.41, 5.74) is -1.78. The van der Waals surface area contributed by atoms with Crippen molar-refractivity contribution in [1.29, 1.82) is 0 Å². The second kappa shape index (κ2) is 8.34. The van der Waals surface area contributed by atoms with Gasteiger partial charge in [0.25, 0.3) is 5.56 Å². The van der Waals surface area contributed by atoms with Gasteiger partial charge in [-0.1, -0.05) is 6.92 Å². The van der Waals surface area contributed by atoms with Crippen LogP contribution >= 0.6 is 0 Å². The molecule has 9 heteroatoms. The van der Waals surface area contributed by atoms with Crippen LogP contribution in [0.5, 0.6) is 0 Å². The lowest BCUT2D eigenvalue weighted by molar-refractivity contribution is -0.130. The Kier molecular flexibility index (Phi) is 6.46. The summed E-state index contributed by atoms with van der Waals surface area (Å²) < 4.78 is 26.1. The Morgan fingerprint density at radius 3 is 2.91 bits per heavy atom. The van der Waals surface area contributed by atoms with Gasteiger partial charge < -0.3 is 14.7 Å².